The largest absolute Gasteiger partial charge is 0.342 e. The lowest BCUT2D eigenvalue weighted by Crippen LogP contribution is -2.33. The molecule has 0 saturated carbocycles. The molecule has 4 aromatic rings. The maximum Gasteiger partial charge on any atom is 0.0675 e. The summed E-state index contributed by atoms with van der Waals surface area (Å²) in [4.78, 5) is 12.4. The van der Waals surface area contributed by atoms with E-state index >= 15 is 0 Å². The first kappa shape index (κ1) is 20.2. The number of nitrogens with zero attached hydrogens (tertiary/aromatic N) is 4. The van der Waals surface area contributed by atoms with Crippen LogP contribution in [0, 0.1) is 0 Å². The van der Waals surface area contributed by atoms with Crippen LogP contribution in [-0.2, 0) is 20.0 Å². The third kappa shape index (κ3) is 3.85. The third-order valence-electron chi connectivity index (χ3n) is 6.88. The first-order chi connectivity index (χ1) is 15.3. The van der Waals surface area contributed by atoms with Gasteiger partial charge in [-0.2, -0.15) is 0 Å². The van der Waals surface area contributed by atoms with Crippen molar-refractivity contribution < 1.29 is 0 Å². The molecule has 0 bridgehead atoms. The van der Waals surface area contributed by atoms with Crippen LogP contribution < -0.4 is 0 Å². The minimum Gasteiger partial charge on any atom is -0.342 e. The predicted molar refractivity (Wildman–Crippen MR) is 128 cm³/mol. The van der Waals surface area contributed by atoms with E-state index in [2.05, 4.69) is 72.1 Å². The lowest BCUT2D eigenvalue weighted by atomic mass is 9.90. The summed E-state index contributed by atoms with van der Waals surface area (Å²) in [6.45, 7) is 4.26. The second kappa shape index (κ2) is 8.80. The molecule has 0 fully saturated rings. The van der Waals surface area contributed by atoms with Gasteiger partial charge in [-0.1, -0.05) is 44.0 Å². The molecule has 1 unspecified atom stereocenters. The Hall–Kier alpha value is -2.72. The fourth-order valence-electron chi connectivity index (χ4n) is 5.24. The quantitative estimate of drug-likeness (QED) is 0.339. The SMILES string of the molecule is CCCCCN(Cc1cc2c3ccccc3n(C)c2cn1)C1CCCc2cccnc21. The number of pyridine rings is 2. The lowest BCUT2D eigenvalue weighted by molar-refractivity contribution is 0.160. The highest BCUT2D eigenvalue weighted by Crippen LogP contribution is 2.34. The fourth-order valence-corrected chi connectivity index (χ4v) is 5.24. The number of unbranched alkanes of at least 4 members (excludes halogenated alkanes) is 2. The van der Waals surface area contributed by atoms with E-state index in [0.717, 1.165) is 25.2 Å². The molecule has 1 aliphatic carbocycles. The predicted octanol–water partition coefficient (Wildman–Crippen LogP) is 6.19. The Morgan fingerprint density at radius 2 is 1.94 bits per heavy atom. The van der Waals surface area contributed by atoms with Crippen molar-refractivity contribution in [1.82, 2.24) is 19.4 Å². The molecule has 1 aliphatic rings. The van der Waals surface area contributed by atoms with Gasteiger partial charge in [0.05, 0.1) is 29.1 Å². The van der Waals surface area contributed by atoms with E-state index in [-0.39, 0.29) is 0 Å². The molecular weight excluding hydrogens is 380 g/mol. The van der Waals surface area contributed by atoms with Crippen molar-refractivity contribution in [1.29, 1.82) is 0 Å². The molecular formula is C27H32N4. The van der Waals surface area contributed by atoms with Crippen LogP contribution in [0.1, 0.15) is 62.0 Å². The molecule has 1 aromatic carbocycles. The highest BCUT2D eigenvalue weighted by Gasteiger charge is 2.27. The van der Waals surface area contributed by atoms with Crippen LogP contribution >= 0.6 is 0 Å². The second-order valence-electron chi connectivity index (χ2n) is 8.90. The van der Waals surface area contributed by atoms with Crippen molar-refractivity contribution in [3.05, 3.63) is 71.8 Å². The van der Waals surface area contributed by atoms with Crippen molar-refractivity contribution >= 4 is 21.8 Å². The molecule has 0 aliphatic heterocycles. The van der Waals surface area contributed by atoms with E-state index in [4.69, 9.17) is 9.97 Å². The van der Waals surface area contributed by atoms with Crippen molar-refractivity contribution in [2.24, 2.45) is 7.05 Å². The molecule has 4 heteroatoms. The van der Waals surface area contributed by atoms with Gasteiger partial charge in [0.1, 0.15) is 0 Å². The number of fused-ring (bicyclic) bond motifs is 4. The Labute approximate surface area is 184 Å². The van der Waals surface area contributed by atoms with Gasteiger partial charge in [0.25, 0.3) is 0 Å². The van der Waals surface area contributed by atoms with E-state index < -0.39 is 0 Å². The number of rotatable bonds is 7. The van der Waals surface area contributed by atoms with E-state index in [9.17, 15) is 0 Å². The maximum absolute atomic E-state index is 4.90. The zero-order valence-corrected chi connectivity index (χ0v) is 18.7. The Bertz CT molecular complexity index is 1190. The van der Waals surface area contributed by atoms with Crippen LogP contribution in [0.15, 0.2) is 54.9 Å². The summed E-state index contributed by atoms with van der Waals surface area (Å²) in [5.74, 6) is 0. The second-order valence-corrected chi connectivity index (χ2v) is 8.90. The van der Waals surface area contributed by atoms with Crippen LogP contribution in [0.25, 0.3) is 21.8 Å². The van der Waals surface area contributed by atoms with E-state index in [1.165, 1.54) is 65.2 Å². The van der Waals surface area contributed by atoms with Crippen molar-refractivity contribution in [2.45, 2.75) is 58.0 Å². The Morgan fingerprint density at radius 3 is 2.84 bits per heavy atom. The molecule has 0 saturated heterocycles. The fraction of sp³-hybridized carbons (Fsp3) is 0.407. The molecule has 0 spiro atoms. The third-order valence-corrected chi connectivity index (χ3v) is 6.88. The van der Waals surface area contributed by atoms with Crippen LogP contribution in [0.3, 0.4) is 0 Å². The van der Waals surface area contributed by atoms with E-state index in [0.29, 0.717) is 6.04 Å². The van der Waals surface area contributed by atoms with E-state index in [1.54, 1.807) is 0 Å². The highest BCUT2D eigenvalue weighted by molar-refractivity contribution is 6.07. The Balaban J connectivity index is 1.49. The molecule has 5 rings (SSSR count). The molecule has 0 N–H and O–H groups in total. The topological polar surface area (TPSA) is 34.0 Å². The minimum atomic E-state index is 0.395. The molecule has 31 heavy (non-hydrogen) atoms. The summed E-state index contributed by atoms with van der Waals surface area (Å²) in [6, 6.07) is 15.7. The zero-order valence-electron chi connectivity index (χ0n) is 18.7. The number of benzene rings is 1. The molecule has 3 heterocycles. The van der Waals surface area contributed by atoms with Gasteiger partial charge < -0.3 is 4.57 Å². The average Bonchev–Trinajstić information content (AvgIpc) is 3.10. The minimum absolute atomic E-state index is 0.395. The van der Waals surface area contributed by atoms with Crippen molar-refractivity contribution in [2.75, 3.05) is 6.54 Å². The van der Waals surface area contributed by atoms with Crippen LogP contribution in [0.5, 0.6) is 0 Å². The number of para-hydroxylation sites is 1. The monoisotopic (exact) mass is 412 g/mol. The molecule has 0 radical (unpaired) electrons. The number of aromatic nitrogens is 3. The summed E-state index contributed by atoms with van der Waals surface area (Å²) in [7, 11) is 2.13. The summed E-state index contributed by atoms with van der Waals surface area (Å²) in [6.07, 6.45) is 11.3. The number of hydrogen-bond acceptors (Lipinski definition) is 3. The van der Waals surface area contributed by atoms with Crippen molar-refractivity contribution in [3.63, 3.8) is 0 Å². The Kier molecular flexibility index (Phi) is 5.73. The highest BCUT2D eigenvalue weighted by atomic mass is 15.2. The normalized spacial score (nSPS) is 16.3. The van der Waals surface area contributed by atoms with Gasteiger partial charge in [0.15, 0.2) is 0 Å². The number of aryl methyl sites for hydroxylation is 2. The summed E-state index contributed by atoms with van der Waals surface area (Å²) in [5, 5.41) is 2.62. The van der Waals surface area contributed by atoms with Gasteiger partial charge >= 0.3 is 0 Å². The van der Waals surface area contributed by atoms with Gasteiger partial charge in [-0.3, -0.25) is 14.9 Å². The summed E-state index contributed by atoms with van der Waals surface area (Å²) >= 11 is 0. The molecule has 4 nitrogen and oxygen atoms in total. The lowest BCUT2D eigenvalue weighted by Gasteiger charge is -2.35. The van der Waals surface area contributed by atoms with Gasteiger partial charge in [0.2, 0.25) is 0 Å². The first-order valence-corrected chi connectivity index (χ1v) is 11.8. The zero-order chi connectivity index (χ0) is 21.2. The van der Waals surface area contributed by atoms with Gasteiger partial charge in [-0.05, 0) is 56.0 Å². The summed E-state index contributed by atoms with van der Waals surface area (Å²) < 4.78 is 2.25. The molecule has 3 aromatic heterocycles. The smallest absolute Gasteiger partial charge is 0.0675 e. The van der Waals surface area contributed by atoms with Gasteiger partial charge in [-0.15, -0.1) is 0 Å². The van der Waals surface area contributed by atoms with E-state index in [1.807, 2.05) is 6.20 Å². The van der Waals surface area contributed by atoms with Gasteiger partial charge in [0, 0.05) is 36.1 Å². The Morgan fingerprint density at radius 1 is 1.03 bits per heavy atom. The molecule has 1 atom stereocenters. The van der Waals surface area contributed by atoms with Crippen LogP contribution in [0.2, 0.25) is 0 Å². The van der Waals surface area contributed by atoms with Crippen molar-refractivity contribution in [3.8, 4) is 0 Å². The first-order valence-electron chi connectivity index (χ1n) is 11.8. The summed E-state index contributed by atoms with van der Waals surface area (Å²) in [5.41, 5.74) is 6.34. The number of hydrogen-bond donors (Lipinski definition) is 0. The van der Waals surface area contributed by atoms with Crippen LogP contribution in [0.4, 0.5) is 0 Å². The van der Waals surface area contributed by atoms with Crippen LogP contribution in [-0.4, -0.2) is 26.0 Å². The molecule has 160 valence electrons. The maximum atomic E-state index is 4.90. The molecule has 0 amide bonds. The standard InChI is InChI=1S/C27H32N4/c1-3-4-7-16-31(25-14-8-10-20-11-9-15-28-27(20)25)19-21-17-23-22-12-5-6-13-24(22)30(2)26(23)18-29-21/h5-6,9,11-13,15,17-18,25H,3-4,7-8,10,14,16,19H2,1-2H3. The average molecular weight is 413 g/mol. The van der Waals surface area contributed by atoms with Gasteiger partial charge in [-0.25, -0.2) is 0 Å².